The summed E-state index contributed by atoms with van der Waals surface area (Å²) in [6, 6.07) is 0. The molecule has 2 bridgehead atoms. The molecule has 2 nitrogen and oxygen atoms in total. The van der Waals surface area contributed by atoms with Gasteiger partial charge in [-0.05, 0) is 24.7 Å². The van der Waals surface area contributed by atoms with E-state index in [1.165, 1.54) is 6.42 Å². The molecule has 3 fully saturated rings. The van der Waals surface area contributed by atoms with Crippen molar-refractivity contribution in [2.45, 2.75) is 32.6 Å². The number of ketones is 2. The van der Waals surface area contributed by atoms with Gasteiger partial charge in [-0.25, -0.2) is 0 Å². The van der Waals surface area contributed by atoms with Crippen LogP contribution in [0.5, 0.6) is 0 Å². The van der Waals surface area contributed by atoms with Gasteiger partial charge in [-0.2, -0.15) is 0 Å². The molecule has 0 aliphatic heterocycles. The van der Waals surface area contributed by atoms with E-state index in [-0.39, 0.29) is 17.8 Å². The zero-order chi connectivity index (χ0) is 9.87. The fourth-order valence-corrected chi connectivity index (χ4v) is 4.12. The van der Waals surface area contributed by atoms with Crippen LogP contribution in [-0.4, -0.2) is 11.6 Å². The monoisotopic (exact) mass is 192 g/mol. The maximum atomic E-state index is 11.9. The second kappa shape index (κ2) is 2.68. The third kappa shape index (κ3) is 0.870. The Morgan fingerprint density at radius 1 is 1.14 bits per heavy atom. The third-order valence-electron chi connectivity index (χ3n) is 4.76. The molecule has 5 atom stereocenters. The van der Waals surface area contributed by atoms with E-state index in [2.05, 4.69) is 0 Å². The largest absolute Gasteiger partial charge is 0.299 e. The van der Waals surface area contributed by atoms with Crippen LogP contribution in [0.25, 0.3) is 0 Å². The van der Waals surface area contributed by atoms with Crippen molar-refractivity contribution >= 4 is 11.6 Å². The summed E-state index contributed by atoms with van der Waals surface area (Å²) >= 11 is 0. The van der Waals surface area contributed by atoms with Gasteiger partial charge in [0.25, 0.3) is 0 Å². The average Bonchev–Trinajstić information content (AvgIpc) is 2.52. The smallest absolute Gasteiger partial charge is 0.139 e. The number of fused-ring (bicyclic) bond motifs is 5. The number of Topliss-reactive ketones (excluding diaryl/α,β-unsaturated/α-hetero) is 2. The molecule has 3 saturated carbocycles. The van der Waals surface area contributed by atoms with Crippen molar-refractivity contribution < 1.29 is 9.59 Å². The van der Waals surface area contributed by atoms with Crippen LogP contribution in [0.4, 0.5) is 0 Å². The number of hydrogen-bond acceptors (Lipinski definition) is 2. The Balaban J connectivity index is 2.00. The highest BCUT2D eigenvalue weighted by atomic mass is 16.1. The molecule has 0 radical (unpaired) electrons. The van der Waals surface area contributed by atoms with Crippen LogP contribution < -0.4 is 0 Å². The first kappa shape index (κ1) is 8.63. The lowest BCUT2D eigenvalue weighted by Crippen LogP contribution is -2.26. The number of hydrogen-bond donors (Lipinski definition) is 0. The lowest BCUT2D eigenvalue weighted by atomic mass is 9.81. The molecule has 0 amide bonds. The predicted molar refractivity (Wildman–Crippen MR) is 51.6 cm³/mol. The maximum Gasteiger partial charge on any atom is 0.139 e. The second-order valence-corrected chi connectivity index (χ2v) is 5.25. The Bertz CT molecular complexity index is 307. The first-order chi connectivity index (χ1) is 6.70. The molecular formula is C12H16O2. The lowest BCUT2D eigenvalue weighted by molar-refractivity contribution is -0.128. The van der Waals surface area contributed by atoms with E-state index < -0.39 is 0 Å². The molecule has 76 valence electrons. The molecule has 0 N–H and O–H groups in total. The van der Waals surface area contributed by atoms with Crippen LogP contribution in [0.3, 0.4) is 0 Å². The van der Waals surface area contributed by atoms with Crippen LogP contribution >= 0.6 is 0 Å². The zero-order valence-corrected chi connectivity index (χ0v) is 8.53. The average molecular weight is 192 g/mol. The number of carbonyl (C=O) groups is 2. The zero-order valence-electron chi connectivity index (χ0n) is 8.53. The molecule has 2 heteroatoms. The topological polar surface area (TPSA) is 34.1 Å². The summed E-state index contributed by atoms with van der Waals surface area (Å²) in [6.45, 7) is 2.03. The summed E-state index contributed by atoms with van der Waals surface area (Å²) in [5.41, 5.74) is 0. The van der Waals surface area contributed by atoms with Crippen LogP contribution in [-0.2, 0) is 9.59 Å². The van der Waals surface area contributed by atoms with Crippen molar-refractivity contribution in [3.63, 3.8) is 0 Å². The van der Waals surface area contributed by atoms with E-state index in [9.17, 15) is 9.59 Å². The molecule has 3 aliphatic rings. The summed E-state index contributed by atoms with van der Waals surface area (Å²) in [6.07, 6.45) is 4.00. The SMILES string of the molecule is C[C@H]1C(=O)C[C@H]2[C@@H]1[C@@H]1CCC[C@H]2C1=O. The molecule has 0 saturated heterocycles. The minimum atomic E-state index is 0.164. The fourth-order valence-electron chi connectivity index (χ4n) is 4.12. The summed E-state index contributed by atoms with van der Waals surface area (Å²) < 4.78 is 0. The fraction of sp³-hybridized carbons (Fsp3) is 0.833. The first-order valence-electron chi connectivity index (χ1n) is 5.76. The second-order valence-electron chi connectivity index (χ2n) is 5.25. The molecule has 3 aliphatic carbocycles. The summed E-state index contributed by atoms with van der Waals surface area (Å²) in [4.78, 5) is 23.6. The highest BCUT2D eigenvalue weighted by molar-refractivity contribution is 5.93. The highest BCUT2D eigenvalue weighted by Crippen LogP contribution is 2.55. The highest BCUT2D eigenvalue weighted by Gasteiger charge is 2.57. The summed E-state index contributed by atoms with van der Waals surface area (Å²) in [5, 5.41) is 0. The van der Waals surface area contributed by atoms with Gasteiger partial charge in [0.15, 0.2) is 0 Å². The normalized spacial score (nSPS) is 51.1. The van der Waals surface area contributed by atoms with Gasteiger partial charge < -0.3 is 0 Å². The van der Waals surface area contributed by atoms with E-state index in [1.807, 2.05) is 6.92 Å². The molecule has 3 rings (SSSR count). The Labute approximate surface area is 84.1 Å². The summed E-state index contributed by atoms with van der Waals surface area (Å²) in [5.74, 6) is 2.42. The molecule has 14 heavy (non-hydrogen) atoms. The lowest BCUT2D eigenvalue weighted by Gasteiger charge is -2.21. The molecule has 0 heterocycles. The van der Waals surface area contributed by atoms with Crippen LogP contribution in [0, 0.1) is 29.6 Å². The van der Waals surface area contributed by atoms with Gasteiger partial charge in [-0.3, -0.25) is 9.59 Å². The molecule has 0 aromatic carbocycles. The van der Waals surface area contributed by atoms with Gasteiger partial charge in [0.05, 0.1) is 0 Å². The Kier molecular flexibility index (Phi) is 1.65. The van der Waals surface area contributed by atoms with Crippen molar-refractivity contribution in [2.24, 2.45) is 29.6 Å². The quantitative estimate of drug-likeness (QED) is 0.586. The van der Waals surface area contributed by atoms with Crippen LogP contribution in [0.15, 0.2) is 0 Å². The van der Waals surface area contributed by atoms with Gasteiger partial charge in [-0.15, -0.1) is 0 Å². The van der Waals surface area contributed by atoms with E-state index in [1.54, 1.807) is 0 Å². The van der Waals surface area contributed by atoms with Crippen molar-refractivity contribution in [3.05, 3.63) is 0 Å². The van der Waals surface area contributed by atoms with Gasteiger partial charge in [0.1, 0.15) is 11.6 Å². The molecule has 0 spiro atoms. The van der Waals surface area contributed by atoms with Crippen molar-refractivity contribution in [3.8, 4) is 0 Å². The van der Waals surface area contributed by atoms with E-state index >= 15 is 0 Å². The minimum Gasteiger partial charge on any atom is -0.299 e. The van der Waals surface area contributed by atoms with E-state index in [0.29, 0.717) is 29.8 Å². The van der Waals surface area contributed by atoms with E-state index in [4.69, 9.17) is 0 Å². The number of rotatable bonds is 0. The van der Waals surface area contributed by atoms with Gasteiger partial charge in [-0.1, -0.05) is 13.3 Å². The molecule has 0 aromatic rings. The van der Waals surface area contributed by atoms with E-state index in [0.717, 1.165) is 12.8 Å². The van der Waals surface area contributed by atoms with Gasteiger partial charge in [0, 0.05) is 24.2 Å². The third-order valence-corrected chi connectivity index (χ3v) is 4.76. The number of carbonyl (C=O) groups excluding carboxylic acids is 2. The van der Waals surface area contributed by atoms with Crippen LogP contribution in [0.2, 0.25) is 0 Å². The Morgan fingerprint density at radius 3 is 2.64 bits per heavy atom. The first-order valence-corrected chi connectivity index (χ1v) is 5.76. The Morgan fingerprint density at radius 2 is 1.86 bits per heavy atom. The minimum absolute atomic E-state index is 0.164. The molecule has 0 unspecified atom stereocenters. The molecular weight excluding hydrogens is 176 g/mol. The summed E-state index contributed by atoms with van der Waals surface area (Å²) in [7, 11) is 0. The van der Waals surface area contributed by atoms with Crippen molar-refractivity contribution in [2.75, 3.05) is 0 Å². The van der Waals surface area contributed by atoms with Crippen molar-refractivity contribution in [1.29, 1.82) is 0 Å². The van der Waals surface area contributed by atoms with Gasteiger partial charge >= 0.3 is 0 Å². The van der Waals surface area contributed by atoms with Crippen molar-refractivity contribution in [1.82, 2.24) is 0 Å². The standard InChI is InChI=1S/C12H16O2/c1-6-10(13)5-9-7-3-2-4-8(11(6)9)12(7)14/h6-9,11H,2-5H2,1H3/t6-,7+,8-,9+,11-/m0/s1. The Hall–Kier alpha value is -0.660. The predicted octanol–water partition coefficient (Wildman–Crippen LogP) is 1.83. The molecule has 0 aromatic heterocycles. The van der Waals surface area contributed by atoms with Crippen LogP contribution in [0.1, 0.15) is 32.6 Å². The van der Waals surface area contributed by atoms with Gasteiger partial charge in [0.2, 0.25) is 0 Å². The maximum absolute atomic E-state index is 11.9.